The summed E-state index contributed by atoms with van der Waals surface area (Å²) in [6.45, 7) is 1.60. The number of halogens is 3. The number of carboxylic acid groups (broad SMARTS) is 1. The lowest BCUT2D eigenvalue weighted by atomic mass is 10.1. The van der Waals surface area contributed by atoms with Gasteiger partial charge in [-0.05, 0) is 34.5 Å². The highest BCUT2D eigenvalue weighted by molar-refractivity contribution is 9.10. The second kappa shape index (κ2) is 3.64. The summed E-state index contributed by atoms with van der Waals surface area (Å²) >= 11 is 8.65. The zero-order valence-corrected chi connectivity index (χ0v) is 8.91. The van der Waals surface area contributed by atoms with Gasteiger partial charge in [0.25, 0.3) is 0 Å². The summed E-state index contributed by atoms with van der Waals surface area (Å²) in [6.07, 6.45) is 0. The van der Waals surface area contributed by atoms with Gasteiger partial charge in [-0.1, -0.05) is 11.6 Å². The molecule has 13 heavy (non-hydrogen) atoms. The van der Waals surface area contributed by atoms with Crippen LogP contribution in [0.3, 0.4) is 0 Å². The second-order valence-electron chi connectivity index (χ2n) is 2.48. The molecule has 0 spiro atoms. The van der Waals surface area contributed by atoms with Crippen LogP contribution in [-0.2, 0) is 0 Å². The molecule has 0 radical (unpaired) electrons. The van der Waals surface area contributed by atoms with E-state index in [1.54, 1.807) is 6.92 Å². The van der Waals surface area contributed by atoms with Crippen LogP contribution in [0.2, 0.25) is 5.02 Å². The third-order valence-corrected chi connectivity index (χ3v) is 3.06. The summed E-state index contributed by atoms with van der Waals surface area (Å²) in [6, 6.07) is 1.09. The van der Waals surface area contributed by atoms with Crippen molar-refractivity contribution >= 4 is 33.5 Å². The molecule has 70 valence electrons. The molecule has 0 aromatic heterocycles. The topological polar surface area (TPSA) is 37.3 Å². The van der Waals surface area contributed by atoms with E-state index >= 15 is 0 Å². The lowest BCUT2D eigenvalue weighted by Crippen LogP contribution is -2.03. The Balaban J connectivity index is 3.53. The Hall–Kier alpha value is -0.610. The van der Waals surface area contributed by atoms with Gasteiger partial charge in [0.15, 0.2) is 0 Å². The summed E-state index contributed by atoms with van der Waals surface area (Å²) in [7, 11) is 0. The van der Waals surface area contributed by atoms with Crippen molar-refractivity contribution in [2.75, 3.05) is 0 Å². The van der Waals surface area contributed by atoms with Crippen LogP contribution in [0.25, 0.3) is 0 Å². The van der Waals surface area contributed by atoms with Crippen molar-refractivity contribution in [2.45, 2.75) is 6.92 Å². The Morgan fingerprint density at radius 3 is 2.69 bits per heavy atom. The van der Waals surface area contributed by atoms with Crippen LogP contribution in [-0.4, -0.2) is 11.1 Å². The molecule has 0 atom stereocenters. The lowest BCUT2D eigenvalue weighted by molar-refractivity contribution is 0.0691. The number of rotatable bonds is 1. The van der Waals surface area contributed by atoms with Gasteiger partial charge >= 0.3 is 5.97 Å². The second-order valence-corrected chi connectivity index (χ2v) is 3.65. The lowest BCUT2D eigenvalue weighted by Gasteiger charge is -2.05. The summed E-state index contributed by atoms with van der Waals surface area (Å²) in [4.78, 5) is 10.6. The number of carboxylic acids is 1. The van der Waals surface area contributed by atoms with Crippen LogP contribution in [0.5, 0.6) is 0 Å². The molecular weight excluding hydrogens is 262 g/mol. The number of hydrogen-bond acceptors (Lipinski definition) is 1. The summed E-state index contributed by atoms with van der Waals surface area (Å²) in [5, 5.41) is 8.85. The molecule has 0 aliphatic rings. The van der Waals surface area contributed by atoms with Gasteiger partial charge in [0, 0.05) is 0 Å². The fourth-order valence-corrected chi connectivity index (χ4v) is 1.73. The molecule has 1 aromatic carbocycles. The van der Waals surface area contributed by atoms with Crippen LogP contribution in [0.1, 0.15) is 15.9 Å². The Labute approximate surface area is 87.5 Å². The number of carbonyl (C=O) groups is 1. The van der Waals surface area contributed by atoms with E-state index < -0.39 is 17.3 Å². The number of aromatic carboxylic acids is 1. The first-order valence-corrected chi connectivity index (χ1v) is 4.49. The zero-order valence-electron chi connectivity index (χ0n) is 6.57. The molecule has 5 heteroatoms. The third-order valence-electron chi connectivity index (χ3n) is 1.55. The Bertz CT molecular complexity index is 379. The highest BCUT2D eigenvalue weighted by Crippen LogP contribution is 2.31. The molecule has 0 saturated heterocycles. The number of hydrogen-bond donors (Lipinski definition) is 1. The quantitative estimate of drug-likeness (QED) is 0.793. The molecule has 0 aliphatic carbocycles. The van der Waals surface area contributed by atoms with E-state index in [9.17, 15) is 9.18 Å². The van der Waals surface area contributed by atoms with Crippen LogP contribution >= 0.6 is 27.5 Å². The van der Waals surface area contributed by atoms with Gasteiger partial charge in [-0.25, -0.2) is 9.18 Å². The molecule has 1 aromatic rings. The molecule has 0 bridgehead atoms. The van der Waals surface area contributed by atoms with E-state index in [0.29, 0.717) is 5.56 Å². The first-order valence-electron chi connectivity index (χ1n) is 3.32. The van der Waals surface area contributed by atoms with E-state index in [0.717, 1.165) is 6.07 Å². The van der Waals surface area contributed by atoms with Gasteiger partial charge in [-0.15, -0.1) is 0 Å². The van der Waals surface area contributed by atoms with Crippen LogP contribution < -0.4 is 0 Å². The van der Waals surface area contributed by atoms with Crippen molar-refractivity contribution in [1.29, 1.82) is 0 Å². The van der Waals surface area contributed by atoms with Gasteiger partial charge in [0.1, 0.15) is 11.4 Å². The number of aryl methyl sites for hydroxylation is 1. The molecular formula is C8H5BrClFO2. The maximum absolute atomic E-state index is 13.1. The van der Waals surface area contributed by atoms with Crippen LogP contribution in [0.15, 0.2) is 10.5 Å². The largest absolute Gasteiger partial charge is 0.478 e. The average molecular weight is 267 g/mol. The van der Waals surface area contributed by atoms with E-state index in [-0.39, 0.29) is 9.50 Å². The minimum Gasteiger partial charge on any atom is -0.478 e. The van der Waals surface area contributed by atoms with Gasteiger partial charge in [0.05, 0.1) is 9.50 Å². The normalized spacial score (nSPS) is 10.2. The molecule has 0 heterocycles. The molecule has 0 fully saturated rings. The minimum absolute atomic E-state index is 0.0826. The predicted molar refractivity (Wildman–Crippen MR) is 50.8 cm³/mol. The van der Waals surface area contributed by atoms with Gasteiger partial charge < -0.3 is 5.11 Å². The molecule has 0 saturated carbocycles. The molecule has 1 N–H and O–H groups in total. The molecule has 0 aliphatic heterocycles. The van der Waals surface area contributed by atoms with Crippen molar-refractivity contribution in [1.82, 2.24) is 0 Å². The van der Waals surface area contributed by atoms with Crippen molar-refractivity contribution in [2.24, 2.45) is 0 Å². The predicted octanol–water partition coefficient (Wildman–Crippen LogP) is 3.25. The molecule has 2 nitrogen and oxygen atoms in total. The smallest absolute Gasteiger partial charge is 0.339 e. The third kappa shape index (κ3) is 1.84. The number of benzene rings is 1. The minimum atomic E-state index is -1.34. The van der Waals surface area contributed by atoms with E-state index in [1.807, 2.05) is 0 Å². The molecule has 0 amide bonds. The molecule has 0 unspecified atom stereocenters. The summed E-state index contributed by atoms with van der Waals surface area (Å²) < 4.78 is 13.2. The zero-order chi connectivity index (χ0) is 10.2. The first kappa shape index (κ1) is 10.5. The van der Waals surface area contributed by atoms with Crippen molar-refractivity contribution < 1.29 is 14.3 Å². The standard InChI is InChI=1S/C8H5BrClFO2/c1-3-2-4(11)5(8(12)13)6(9)7(3)10/h2H,1H3,(H,12,13). The van der Waals surface area contributed by atoms with Crippen molar-refractivity contribution in [3.05, 3.63) is 32.5 Å². The average Bonchev–Trinajstić information content (AvgIpc) is 1.99. The molecule has 1 rings (SSSR count). The van der Waals surface area contributed by atoms with Gasteiger partial charge in [-0.2, -0.15) is 0 Å². The maximum atomic E-state index is 13.1. The van der Waals surface area contributed by atoms with E-state index in [2.05, 4.69) is 15.9 Å². The maximum Gasteiger partial charge on any atom is 0.339 e. The van der Waals surface area contributed by atoms with Gasteiger partial charge in [0.2, 0.25) is 0 Å². The van der Waals surface area contributed by atoms with E-state index in [4.69, 9.17) is 16.7 Å². The Kier molecular flexibility index (Phi) is 2.93. The Morgan fingerprint density at radius 2 is 2.23 bits per heavy atom. The monoisotopic (exact) mass is 266 g/mol. The van der Waals surface area contributed by atoms with E-state index in [1.165, 1.54) is 0 Å². The van der Waals surface area contributed by atoms with Gasteiger partial charge in [-0.3, -0.25) is 0 Å². The Morgan fingerprint density at radius 1 is 1.69 bits per heavy atom. The fourth-order valence-electron chi connectivity index (χ4n) is 0.909. The highest BCUT2D eigenvalue weighted by atomic mass is 79.9. The van der Waals surface area contributed by atoms with Crippen LogP contribution in [0, 0.1) is 12.7 Å². The SMILES string of the molecule is Cc1cc(F)c(C(=O)O)c(Br)c1Cl. The summed E-state index contributed by atoms with van der Waals surface area (Å²) in [5.74, 6) is -2.13. The summed E-state index contributed by atoms with van der Waals surface area (Å²) in [5.41, 5.74) is 0.0617. The van der Waals surface area contributed by atoms with Crippen molar-refractivity contribution in [3.63, 3.8) is 0 Å². The van der Waals surface area contributed by atoms with Crippen LogP contribution in [0.4, 0.5) is 4.39 Å². The highest BCUT2D eigenvalue weighted by Gasteiger charge is 2.18. The first-order chi connectivity index (χ1) is 5.95. The fraction of sp³-hybridized carbons (Fsp3) is 0.125. The van der Waals surface area contributed by atoms with Crippen molar-refractivity contribution in [3.8, 4) is 0 Å².